The van der Waals surface area contributed by atoms with E-state index in [0.29, 0.717) is 5.41 Å². The number of hydrogen-bond acceptors (Lipinski definition) is 2. The Hall–Kier alpha value is -0.0800. The molecule has 1 saturated heterocycles. The van der Waals surface area contributed by atoms with E-state index >= 15 is 0 Å². The molecule has 1 fully saturated rings. The summed E-state index contributed by atoms with van der Waals surface area (Å²) in [5.41, 5.74) is 0.603. The van der Waals surface area contributed by atoms with Crippen molar-refractivity contribution in [1.82, 2.24) is 10.2 Å². The Morgan fingerprint density at radius 2 is 1.88 bits per heavy atom. The first-order chi connectivity index (χ1) is 8.08. The Kier molecular flexibility index (Phi) is 6.50. The second-order valence-corrected chi connectivity index (χ2v) is 6.42. The molecule has 0 aromatic rings. The molecule has 17 heavy (non-hydrogen) atoms. The zero-order valence-electron chi connectivity index (χ0n) is 12.4. The molecule has 0 saturated carbocycles. The molecule has 1 N–H and O–H groups in total. The molecule has 0 aromatic carbocycles. The van der Waals surface area contributed by atoms with Gasteiger partial charge < -0.3 is 10.2 Å². The van der Waals surface area contributed by atoms with E-state index in [2.05, 4.69) is 38.0 Å². The van der Waals surface area contributed by atoms with Gasteiger partial charge in [-0.05, 0) is 63.7 Å². The summed E-state index contributed by atoms with van der Waals surface area (Å²) >= 11 is 0. The summed E-state index contributed by atoms with van der Waals surface area (Å²) in [6.45, 7) is 12.0. The van der Waals surface area contributed by atoms with Crippen molar-refractivity contribution in [3.63, 3.8) is 0 Å². The molecule has 1 aliphatic rings. The van der Waals surface area contributed by atoms with Crippen LogP contribution < -0.4 is 5.32 Å². The van der Waals surface area contributed by atoms with Crippen molar-refractivity contribution in [3.8, 4) is 0 Å². The van der Waals surface area contributed by atoms with Crippen molar-refractivity contribution >= 4 is 0 Å². The zero-order valence-corrected chi connectivity index (χ0v) is 12.4. The van der Waals surface area contributed by atoms with Gasteiger partial charge in [-0.25, -0.2) is 0 Å². The van der Waals surface area contributed by atoms with E-state index < -0.39 is 0 Å². The number of piperidine rings is 1. The number of hydrogen-bond donors (Lipinski definition) is 1. The van der Waals surface area contributed by atoms with Gasteiger partial charge in [0.15, 0.2) is 0 Å². The third-order valence-electron chi connectivity index (χ3n) is 4.14. The second-order valence-electron chi connectivity index (χ2n) is 6.42. The largest absolute Gasteiger partial charge is 0.317 e. The highest BCUT2D eigenvalue weighted by atomic mass is 15.1. The van der Waals surface area contributed by atoms with Gasteiger partial charge in [-0.2, -0.15) is 0 Å². The zero-order chi connectivity index (χ0) is 12.7. The van der Waals surface area contributed by atoms with Crippen molar-refractivity contribution in [1.29, 1.82) is 0 Å². The average Bonchev–Trinajstić information content (AvgIpc) is 2.28. The molecule has 1 rings (SSSR count). The Morgan fingerprint density at radius 1 is 1.24 bits per heavy atom. The van der Waals surface area contributed by atoms with Gasteiger partial charge in [0.25, 0.3) is 0 Å². The lowest BCUT2D eigenvalue weighted by Crippen LogP contribution is -2.44. The van der Waals surface area contributed by atoms with E-state index in [4.69, 9.17) is 0 Å². The molecule has 0 unspecified atom stereocenters. The molecule has 0 radical (unpaired) electrons. The highest BCUT2D eigenvalue weighted by molar-refractivity contribution is 4.86. The van der Waals surface area contributed by atoms with Crippen LogP contribution in [0.3, 0.4) is 0 Å². The Bertz CT molecular complexity index is 190. The lowest BCUT2D eigenvalue weighted by Gasteiger charge is -2.40. The second kappa shape index (κ2) is 7.38. The highest BCUT2D eigenvalue weighted by Gasteiger charge is 2.31. The fourth-order valence-corrected chi connectivity index (χ4v) is 3.10. The summed E-state index contributed by atoms with van der Waals surface area (Å²) in [4.78, 5) is 2.57. The fourth-order valence-electron chi connectivity index (χ4n) is 3.10. The maximum Gasteiger partial charge on any atom is 0.00359 e. The van der Waals surface area contributed by atoms with Gasteiger partial charge in [0.05, 0.1) is 0 Å². The van der Waals surface area contributed by atoms with E-state index in [1.165, 1.54) is 58.3 Å². The topological polar surface area (TPSA) is 15.3 Å². The molecular formula is C15H32N2. The summed E-state index contributed by atoms with van der Waals surface area (Å²) in [5, 5.41) is 3.50. The Morgan fingerprint density at radius 3 is 2.41 bits per heavy atom. The van der Waals surface area contributed by atoms with E-state index in [1.807, 2.05) is 0 Å². The molecule has 0 spiro atoms. The number of nitrogens with zero attached hydrogens (tertiary/aromatic N) is 1. The molecule has 0 atom stereocenters. The van der Waals surface area contributed by atoms with Gasteiger partial charge >= 0.3 is 0 Å². The summed E-state index contributed by atoms with van der Waals surface area (Å²) in [6.07, 6.45) is 6.80. The van der Waals surface area contributed by atoms with Crippen LogP contribution in [0.5, 0.6) is 0 Å². The maximum atomic E-state index is 3.50. The number of rotatable bonds is 7. The van der Waals surface area contributed by atoms with Gasteiger partial charge in [0.2, 0.25) is 0 Å². The quantitative estimate of drug-likeness (QED) is 0.735. The Balaban J connectivity index is 2.42. The van der Waals surface area contributed by atoms with E-state index in [9.17, 15) is 0 Å². The number of nitrogens with one attached hydrogen (secondary N) is 1. The van der Waals surface area contributed by atoms with Gasteiger partial charge in [-0.1, -0.05) is 27.2 Å². The highest BCUT2D eigenvalue weighted by Crippen LogP contribution is 2.34. The average molecular weight is 240 g/mol. The van der Waals surface area contributed by atoms with Gasteiger partial charge in [0.1, 0.15) is 0 Å². The van der Waals surface area contributed by atoms with Gasteiger partial charge in [-0.3, -0.25) is 0 Å². The Labute approximate surface area is 108 Å². The molecule has 2 heteroatoms. The standard InChI is InChI=1S/C15H32N2/c1-5-7-15(8-10-16-11-9-15)13-17(4)12-6-14(2)3/h14,16H,5-13H2,1-4H3. The molecule has 1 aliphatic heterocycles. The first-order valence-corrected chi connectivity index (χ1v) is 7.47. The SMILES string of the molecule is CCCC1(CN(C)CCC(C)C)CCNCC1. The summed E-state index contributed by atoms with van der Waals surface area (Å²) in [7, 11) is 2.31. The van der Waals surface area contributed by atoms with Gasteiger partial charge in [0, 0.05) is 6.54 Å². The van der Waals surface area contributed by atoms with Crippen molar-refractivity contribution in [2.45, 2.75) is 52.9 Å². The van der Waals surface area contributed by atoms with Crippen LogP contribution in [0.4, 0.5) is 0 Å². The van der Waals surface area contributed by atoms with Crippen LogP contribution in [-0.2, 0) is 0 Å². The molecule has 0 aromatic heterocycles. The minimum atomic E-state index is 0.603. The molecule has 1 heterocycles. The van der Waals surface area contributed by atoms with E-state index in [-0.39, 0.29) is 0 Å². The predicted octanol–water partition coefficient (Wildman–Crippen LogP) is 3.13. The third-order valence-corrected chi connectivity index (χ3v) is 4.14. The monoisotopic (exact) mass is 240 g/mol. The third kappa shape index (κ3) is 5.39. The lowest BCUT2D eigenvalue weighted by atomic mass is 9.75. The van der Waals surface area contributed by atoms with Crippen molar-refractivity contribution in [2.75, 3.05) is 33.2 Å². The summed E-state index contributed by atoms with van der Waals surface area (Å²) in [5.74, 6) is 0.826. The van der Waals surface area contributed by atoms with Crippen LogP contribution in [-0.4, -0.2) is 38.1 Å². The van der Waals surface area contributed by atoms with Crippen LogP contribution in [0, 0.1) is 11.3 Å². The molecular weight excluding hydrogens is 208 g/mol. The molecule has 102 valence electrons. The van der Waals surface area contributed by atoms with Crippen LogP contribution in [0.25, 0.3) is 0 Å². The van der Waals surface area contributed by atoms with E-state index in [0.717, 1.165) is 5.92 Å². The van der Waals surface area contributed by atoms with Crippen molar-refractivity contribution in [2.24, 2.45) is 11.3 Å². The smallest absolute Gasteiger partial charge is 0.00359 e. The minimum absolute atomic E-state index is 0.603. The normalized spacial score (nSPS) is 20.1. The first-order valence-electron chi connectivity index (χ1n) is 7.47. The van der Waals surface area contributed by atoms with Crippen LogP contribution >= 0.6 is 0 Å². The minimum Gasteiger partial charge on any atom is -0.317 e. The lowest BCUT2D eigenvalue weighted by molar-refractivity contribution is 0.113. The van der Waals surface area contributed by atoms with Crippen molar-refractivity contribution < 1.29 is 0 Å². The fraction of sp³-hybridized carbons (Fsp3) is 1.00. The van der Waals surface area contributed by atoms with Crippen LogP contribution in [0.1, 0.15) is 52.9 Å². The van der Waals surface area contributed by atoms with E-state index in [1.54, 1.807) is 0 Å². The van der Waals surface area contributed by atoms with Crippen LogP contribution in [0.15, 0.2) is 0 Å². The molecule has 0 amide bonds. The molecule has 0 bridgehead atoms. The van der Waals surface area contributed by atoms with Crippen molar-refractivity contribution in [3.05, 3.63) is 0 Å². The molecule has 0 aliphatic carbocycles. The summed E-state index contributed by atoms with van der Waals surface area (Å²) < 4.78 is 0. The summed E-state index contributed by atoms with van der Waals surface area (Å²) in [6, 6.07) is 0. The first kappa shape index (κ1) is 15.0. The van der Waals surface area contributed by atoms with Gasteiger partial charge in [-0.15, -0.1) is 0 Å². The molecule has 2 nitrogen and oxygen atoms in total. The maximum absolute atomic E-state index is 3.50. The van der Waals surface area contributed by atoms with Crippen LogP contribution in [0.2, 0.25) is 0 Å². The predicted molar refractivity (Wildman–Crippen MR) is 76.4 cm³/mol.